The molecule has 0 N–H and O–H groups in total. The van der Waals surface area contributed by atoms with Crippen molar-refractivity contribution in [1.29, 1.82) is 0 Å². The number of carbonyl (C=O) groups excluding carboxylic acids is 3. The average Bonchev–Trinajstić information content (AvgIpc) is 3.07. The molecule has 3 amide bonds. The van der Waals surface area contributed by atoms with E-state index in [0.29, 0.717) is 22.7 Å². The molecule has 4 rings (SSSR count). The molecule has 7 heteroatoms. The molecule has 0 bridgehead atoms. The molecule has 2 heterocycles. The van der Waals surface area contributed by atoms with Crippen molar-refractivity contribution in [2.24, 2.45) is 0 Å². The fourth-order valence-electron chi connectivity index (χ4n) is 3.71. The predicted octanol–water partition coefficient (Wildman–Crippen LogP) is 2.91. The van der Waals surface area contributed by atoms with Gasteiger partial charge in [-0.15, -0.1) is 11.8 Å². The number of nitrogens with zero attached hydrogens (tertiary/aromatic N) is 2. The van der Waals surface area contributed by atoms with E-state index in [0.717, 1.165) is 0 Å². The normalized spacial score (nSPS) is 23.9. The van der Waals surface area contributed by atoms with Gasteiger partial charge >= 0.3 is 0 Å². The number of hydrogen-bond acceptors (Lipinski definition) is 5. The van der Waals surface area contributed by atoms with Crippen LogP contribution in [0.25, 0.3) is 0 Å². The van der Waals surface area contributed by atoms with E-state index in [-0.39, 0.29) is 11.8 Å². The van der Waals surface area contributed by atoms with Crippen LogP contribution >= 0.6 is 11.8 Å². The predicted molar refractivity (Wildman–Crippen MR) is 104 cm³/mol. The van der Waals surface area contributed by atoms with E-state index in [4.69, 9.17) is 4.74 Å². The molecule has 2 atom stereocenters. The quantitative estimate of drug-likeness (QED) is 0.799. The minimum atomic E-state index is -1.28. The summed E-state index contributed by atoms with van der Waals surface area (Å²) in [5.74, 6) is -0.288. The summed E-state index contributed by atoms with van der Waals surface area (Å²) in [4.78, 5) is 40.2. The maximum absolute atomic E-state index is 13.5. The highest BCUT2D eigenvalue weighted by molar-refractivity contribution is 8.03. The fraction of sp³-hybridized carbons (Fsp3) is 0.250. The van der Waals surface area contributed by atoms with Crippen LogP contribution in [0.2, 0.25) is 0 Å². The Labute approximate surface area is 161 Å². The molecule has 0 aliphatic carbocycles. The van der Waals surface area contributed by atoms with Crippen molar-refractivity contribution in [3.63, 3.8) is 0 Å². The smallest absolute Gasteiger partial charge is 0.275 e. The Balaban J connectivity index is 1.95. The van der Waals surface area contributed by atoms with Crippen molar-refractivity contribution in [1.82, 2.24) is 0 Å². The lowest BCUT2D eigenvalue weighted by Crippen LogP contribution is -2.50. The number of ether oxygens (including phenoxy) is 1. The lowest BCUT2D eigenvalue weighted by Gasteiger charge is -2.32. The first kappa shape index (κ1) is 17.6. The minimum Gasteiger partial charge on any atom is -0.497 e. The molecule has 2 aliphatic rings. The van der Waals surface area contributed by atoms with E-state index >= 15 is 0 Å². The van der Waals surface area contributed by atoms with Gasteiger partial charge in [0.25, 0.3) is 5.91 Å². The number of amides is 3. The van der Waals surface area contributed by atoms with E-state index in [1.165, 1.54) is 28.5 Å². The second-order valence-corrected chi connectivity index (χ2v) is 7.99. The molecule has 2 aromatic carbocycles. The highest BCUT2D eigenvalue weighted by atomic mass is 32.2. The average molecular weight is 382 g/mol. The van der Waals surface area contributed by atoms with Gasteiger partial charge in [0.15, 0.2) is 0 Å². The summed E-state index contributed by atoms with van der Waals surface area (Å²) < 4.78 is 5.19. The fourth-order valence-corrected chi connectivity index (χ4v) is 5.22. The third kappa shape index (κ3) is 2.31. The van der Waals surface area contributed by atoms with Crippen LogP contribution < -0.4 is 14.5 Å². The molecule has 1 spiro atoms. The van der Waals surface area contributed by atoms with Gasteiger partial charge in [0.1, 0.15) is 5.75 Å². The first-order valence-electron chi connectivity index (χ1n) is 8.52. The molecule has 0 radical (unpaired) electrons. The lowest BCUT2D eigenvalue weighted by atomic mass is 10.0. The second-order valence-electron chi connectivity index (χ2n) is 6.45. The molecule has 2 aliphatic heterocycles. The van der Waals surface area contributed by atoms with E-state index in [1.807, 2.05) is 12.1 Å². The van der Waals surface area contributed by atoms with Gasteiger partial charge in [0, 0.05) is 18.2 Å². The number of benzene rings is 2. The van der Waals surface area contributed by atoms with Gasteiger partial charge in [-0.1, -0.05) is 18.2 Å². The molecule has 6 nitrogen and oxygen atoms in total. The van der Waals surface area contributed by atoms with Gasteiger partial charge in [-0.05, 0) is 37.3 Å². The number of anilines is 2. The van der Waals surface area contributed by atoms with Crippen molar-refractivity contribution >= 4 is 40.9 Å². The second kappa shape index (κ2) is 6.13. The number of imide groups is 1. The Hall–Kier alpha value is -2.80. The summed E-state index contributed by atoms with van der Waals surface area (Å²) >= 11 is 1.27. The van der Waals surface area contributed by atoms with Crippen LogP contribution in [0.4, 0.5) is 11.4 Å². The molecule has 27 heavy (non-hydrogen) atoms. The van der Waals surface area contributed by atoms with Crippen LogP contribution in [0.3, 0.4) is 0 Å². The summed E-state index contributed by atoms with van der Waals surface area (Å²) in [5, 5.41) is -0.420. The zero-order valence-electron chi connectivity index (χ0n) is 15.1. The molecular weight excluding hydrogens is 364 g/mol. The van der Waals surface area contributed by atoms with Crippen LogP contribution in [-0.2, 0) is 19.3 Å². The Morgan fingerprint density at radius 1 is 1.11 bits per heavy atom. The third-order valence-electron chi connectivity index (χ3n) is 4.88. The number of hydrogen-bond donors (Lipinski definition) is 0. The highest BCUT2D eigenvalue weighted by Crippen LogP contribution is 2.57. The Morgan fingerprint density at radius 2 is 1.78 bits per heavy atom. The molecule has 0 unspecified atom stereocenters. The molecule has 2 aromatic rings. The maximum Gasteiger partial charge on any atom is 0.275 e. The molecule has 138 valence electrons. The first-order chi connectivity index (χ1) is 12.9. The number of methoxy groups -OCH3 is 1. The number of thioether (sulfide) groups is 1. The van der Waals surface area contributed by atoms with Crippen molar-refractivity contribution < 1.29 is 19.1 Å². The number of carbonyl (C=O) groups is 3. The standard InChI is InChI=1S/C20H18N2O4S/c1-12-18(24)22(14-8-10-15(26-3)11-9-14)20(27-12)16-6-4-5-7-17(16)21(13(2)23)19(20)25/h4-12H,1-3H3/t12-,20-/m1/s1. The monoisotopic (exact) mass is 382 g/mol. The molecular formula is C20H18N2O4S. The zero-order valence-corrected chi connectivity index (χ0v) is 15.9. The van der Waals surface area contributed by atoms with Crippen LogP contribution in [0.1, 0.15) is 19.4 Å². The van der Waals surface area contributed by atoms with Crippen molar-refractivity contribution in [2.75, 3.05) is 16.9 Å². The number of fused-ring (bicyclic) bond motifs is 2. The van der Waals surface area contributed by atoms with Gasteiger partial charge in [-0.2, -0.15) is 0 Å². The van der Waals surface area contributed by atoms with E-state index in [1.54, 1.807) is 50.4 Å². The summed E-state index contributed by atoms with van der Waals surface area (Å²) in [6.07, 6.45) is 0. The Kier molecular flexibility index (Phi) is 3.99. The molecule has 0 saturated carbocycles. The maximum atomic E-state index is 13.5. The number of rotatable bonds is 2. The summed E-state index contributed by atoms with van der Waals surface area (Å²) in [6, 6.07) is 14.2. The summed E-state index contributed by atoms with van der Waals surface area (Å²) in [6.45, 7) is 3.14. The summed E-state index contributed by atoms with van der Waals surface area (Å²) in [5.41, 5.74) is 1.78. The highest BCUT2D eigenvalue weighted by Gasteiger charge is 2.63. The van der Waals surface area contributed by atoms with E-state index < -0.39 is 16.0 Å². The molecule has 1 fully saturated rings. The van der Waals surface area contributed by atoms with Crippen LogP contribution in [0.15, 0.2) is 48.5 Å². The lowest BCUT2D eigenvalue weighted by molar-refractivity contribution is -0.128. The summed E-state index contributed by atoms with van der Waals surface area (Å²) in [7, 11) is 1.57. The van der Waals surface area contributed by atoms with E-state index in [9.17, 15) is 14.4 Å². The first-order valence-corrected chi connectivity index (χ1v) is 9.40. The Bertz CT molecular complexity index is 959. The topological polar surface area (TPSA) is 66.9 Å². The van der Waals surface area contributed by atoms with E-state index in [2.05, 4.69) is 0 Å². The van der Waals surface area contributed by atoms with Gasteiger partial charge < -0.3 is 4.74 Å². The van der Waals surface area contributed by atoms with Gasteiger partial charge in [-0.3, -0.25) is 19.3 Å². The van der Waals surface area contributed by atoms with Crippen LogP contribution in [0.5, 0.6) is 5.75 Å². The zero-order chi connectivity index (χ0) is 19.3. The minimum absolute atomic E-state index is 0.168. The van der Waals surface area contributed by atoms with Crippen molar-refractivity contribution in [3.8, 4) is 5.75 Å². The van der Waals surface area contributed by atoms with Crippen molar-refractivity contribution in [3.05, 3.63) is 54.1 Å². The van der Waals surface area contributed by atoms with Gasteiger partial charge in [0.2, 0.25) is 16.7 Å². The largest absolute Gasteiger partial charge is 0.497 e. The Morgan fingerprint density at radius 3 is 2.41 bits per heavy atom. The SMILES string of the molecule is COc1ccc(N2C(=O)[C@@H](C)S[C@]23C(=O)N(C(C)=O)c2ccccc23)cc1. The molecule has 0 aromatic heterocycles. The van der Waals surface area contributed by atoms with Crippen LogP contribution in [-0.4, -0.2) is 30.1 Å². The van der Waals surface area contributed by atoms with Crippen LogP contribution in [0, 0.1) is 0 Å². The van der Waals surface area contributed by atoms with Gasteiger partial charge in [0.05, 0.1) is 18.0 Å². The number of para-hydroxylation sites is 1. The third-order valence-corrected chi connectivity index (χ3v) is 6.35. The molecule has 1 saturated heterocycles. The van der Waals surface area contributed by atoms with Crippen molar-refractivity contribution in [2.45, 2.75) is 24.0 Å². The van der Waals surface area contributed by atoms with Gasteiger partial charge in [-0.25, -0.2) is 4.90 Å².